The molecule has 150 valence electrons. The lowest BCUT2D eigenvalue weighted by Gasteiger charge is -2.18. The van der Waals surface area contributed by atoms with Gasteiger partial charge >= 0.3 is 12.1 Å². The monoisotopic (exact) mass is 397 g/mol. The van der Waals surface area contributed by atoms with E-state index in [0.717, 1.165) is 12.1 Å². The zero-order chi connectivity index (χ0) is 20.7. The van der Waals surface area contributed by atoms with E-state index >= 15 is 0 Å². The van der Waals surface area contributed by atoms with E-state index in [1.165, 1.54) is 29.2 Å². The van der Waals surface area contributed by atoms with Crippen LogP contribution in [0.5, 0.6) is 11.5 Å². The lowest BCUT2D eigenvalue weighted by atomic mass is 10.2. The number of benzene rings is 2. The van der Waals surface area contributed by atoms with Crippen LogP contribution in [0.1, 0.15) is 15.9 Å². The third kappa shape index (κ3) is 6.19. The molecule has 0 aliphatic carbocycles. The molecule has 0 bridgehead atoms. The molecule has 6 nitrogen and oxygen atoms in total. The first-order valence-corrected chi connectivity index (χ1v) is 8.17. The van der Waals surface area contributed by atoms with Crippen LogP contribution in [-0.4, -0.2) is 48.7 Å². The minimum absolute atomic E-state index is 0.0861. The van der Waals surface area contributed by atoms with E-state index < -0.39 is 24.3 Å². The number of aliphatic carboxylic acids is 1. The second-order valence-electron chi connectivity index (χ2n) is 5.81. The van der Waals surface area contributed by atoms with Gasteiger partial charge < -0.3 is 19.5 Å². The van der Waals surface area contributed by atoms with E-state index in [-0.39, 0.29) is 30.6 Å². The number of hydrogen-bond acceptors (Lipinski definition) is 4. The zero-order valence-electron chi connectivity index (χ0n) is 14.9. The first-order chi connectivity index (χ1) is 13.2. The van der Waals surface area contributed by atoms with Crippen LogP contribution < -0.4 is 9.47 Å². The fraction of sp³-hybridized carbons (Fsp3) is 0.263. The Morgan fingerprint density at radius 1 is 1.04 bits per heavy atom. The molecule has 2 rings (SSSR count). The number of carboxylic acids is 1. The van der Waals surface area contributed by atoms with Crippen LogP contribution in [0.25, 0.3) is 0 Å². The molecule has 0 aliphatic rings. The molecule has 0 aliphatic heterocycles. The summed E-state index contributed by atoms with van der Waals surface area (Å²) in [5.74, 6) is -0.952. The van der Waals surface area contributed by atoms with Crippen LogP contribution in [0.15, 0.2) is 48.5 Å². The van der Waals surface area contributed by atoms with Gasteiger partial charge in [-0.15, -0.1) is 0 Å². The maximum atomic E-state index is 12.5. The molecule has 0 heterocycles. The summed E-state index contributed by atoms with van der Waals surface area (Å²) in [5.41, 5.74) is -0.461. The van der Waals surface area contributed by atoms with Gasteiger partial charge in [0.1, 0.15) is 18.1 Å². The van der Waals surface area contributed by atoms with Crippen molar-refractivity contribution in [2.45, 2.75) is 6.18 Å². The quantitative estimate of drug-likeness (QED) is 0.740. The number of carbonyl (C=O) groups excluding carboxylic acids is 1. The average Bonchev–Trinajstić information content (AvgIpc) is 2.65. The summed E-state index contributed by atoms with van der Waals surface area (Å²) < 4.78 is 48.0. The number of likely N-dealkylation sites (N-methyl/N-ethyl adjacent to an activating group) is 1. The van der Waals surface area contributed by atoms with E-state index in [1.54, 1.807) is 19.2 Å². The summed E-state index contributed by atoms with van der Waals surface area (Å²) in [6.45, 7) is -0.239. The molecular formula is C19H18F3NO5. The van der Waals surface area contributed by atoms with Gasteiger partial charge in [0.25, 0.3) is 5.91 Å². The largest absolute Gasteiger partial charge is 0.492 e. The predicted molar refractivity (Wildman–Crippen MR) is 93.5 cm³/mol. The van der Waals surface area contributed by atoms with Crippen LogP contribution in [0, 0.1) is 0 Å². The predicted octanol–water partition coefficient (Wildman–Crippen LogP) is 3.32. The fourth-order valence-corrected chi connectivity index (χ4v) is 2.23. The van der Waals surface area contributed by atoms with E-state index in [4.69, 9.17) is 14.6 Å². The van der Waals surface area contributed by atoms with Crippen molar-refractivity contribution in [3.05, 3.63) is 59.7 Å². The summed E-state index contributed by atoms with van der Waals surface area (Å²) in [5, 5.41) is 8.62. The highest BCUT2D eigenvalue weighted by molar-refractivity contribution is 5.94. The molecule has 1 N–H and O–H groups in total. The van der Waals surface area contributed by atoms with Crippen LogP contribution in [0.4, 0.5) is 13.2 Å². The Hall–Kier alpha value is -3.23. The second-order valence-corrected chi connectivity index (χ2v) is 5.81. The number of amides is 1. The highest BCUT2D eigenvalue weighted by atomic mass is 19.4. The number of alkyl halides is 3. The smallest absolute Gasteiger partial charge is 0.416 e. The van der Waals surface area contributed by atoms with Crippen molar-refractivity contribution in [3.63, 3.8) is 0 Å². The van der Waals surface area contributed by atoms with Gasteiger partial charge in [-0.2, -0.15) is 13.2 Å². The van der Waals surface area contributed by atoms with Gasteiger partial charge in [0.2, 0.25) is 0 Å². The highest BCUT2D eigenvalue weighted by Gasteiger charge is 2.30. The topological polar surface area (TPSA) is 76.1 Å². The van der Waals surface area contributed by atoms with Gasteiger partial charge in [-0.3, -0.25) is 4.79 Å². The Balaban J connectivity index is 1.87. The van der Waals surface area contributed by atoms with Crippen molar-refractivity contribution < 1.29 is 37.3 Å². The third-order valence-corrected chi connectivity index (χ3v) is 3.67. The van der Waals surface area contributed by atoms with E-state index in [1.807, 2.05) is 0 Å². The SMILES string of the molecule is CN(CCOc1ccc(C(F)(F)F)cc1)C(=O)c1cccc(OCC(=O)O)c1. The second kappa shape index (κ2) is 9.12. The molecule has 0 spiro atoms. The molecule has 0 saturated carbocycles. The number of nitrogens with zero attached hydrogens (tertiary/aromatic N) is 1. The van der Waals surface area contributed by atoms with Crippen LogP contribution in [0.2, 0.25) is 0 Å². The van der Waals surface area contributed by atoms with Gasteiger partial charge in [0.05, 0.1) is 12.1 Å². The van der Waals surface area contributed by atoms with Crippen molar-refractivity contribution >= 4 is 11.9 Å². The molecule has 1 amide bonds. The van der Waals surface area contributed by atoms with Gasteiger partial charge in [0.15, 0.2) is 6.61 Å². The van der Waals surface area contributed by atoms with Crippen molar-refractivity contribution in [1.82, 2.24) is 4.90 Å². The van der Waals surface area contributed by atoms with Gasteiger partial charge in [-0.1, -0.05) is 6.07 Å². The number of carboxylic acid groups (broad SMARTS) is 1. The molecule has 0 saturated heterocycles. The van der Waals surface area contributed by atoms with Gasteiger partial charge in [0, 0.05) is 12.6 Å². The van der Waals surface area contributed by atoms with Gasteiger partial charge in [-0.25, -0.2) is 4.79 Å². The Morgan fingerprint density at radius 3 is 2.32 bits per heavy atom. The molecule has 0 atom stereocenters. The maximum Gasteiger partial charge on any atom is 0.416 e. The van der Waals surface area contributed by atoms with Gasteiger partial charge in [-0.05, 0) is 42.5 Å². The van der Waals surface area contributed by atoms with E-state index in [0.29, 0.717) is 5.56 Å². The first kappa shape index (κ1) is 21.1. The third-order valence-electron chi connectivity index (χ3n) is 3.67. The standard InChI is InChI=1S/C19H18F3NO5/c1-23(9-10-27-15-7-5-14(6-8-15)19(20,21)22)18(26)13-3-2-4-16(11-13)28-12-17(24)25/h2-8,11H,9-10,12H2,1H3,(H,24,25). The minimum atomic E-state index is -4.41. The molecule has 9 heteroatoms. The molecule has 28 heavy (non-hydrogen) atoms. The van der Waals surface area contributed by atoms with E-state index in [9.17, 15) is 22.8 Å². The molecular weight excluding hydrogens is 379 g/mol. The van der Waals surface area contributed by atoms with E-state index in [2.05, 4.69) is 0 Å². The molecule has 2 aromatic rings. The first-order valence-electron chi connectivity index (χ1n) is 8.17. The lowest BCUT2D eigenvalue weighted by molar-refractivity contribution is -0.139. The van der Waals surface area contributed by atoms with Crippen molar-refractivity contribution in [3.8, 4) is 11.5 Å². The summed E-state index contributed by atoms with van der Waals surface area (Å²) in [7, 11) is 1.54. The fourth-order valence-electron chi connectivity index (χ4n) is 2.23. The van der Waals surface area contributed by atoms with Crippen LogP contribution >= 0.6 is 0 Å². The number of ether oxygens (including phenoxy) is 2. The number of halogens is 3. The molecule has 2 aromatic carbocycles. The molecule has 0 fully saturated rings. The number of hydrogen-bond donors (Lipinski definition) is 1. The highest BCUT2D eigenvalue weighted by Crippen LogP contribution is 2.30. The minimum Gasteiger partial charge on any atom is -0.492 e. The average molecular weight is 397 g/mol. The summed E-state index contributed by atoms with van der Waals surface area (Å²) in [6, 6.07) is 10.4. The molecule has 0 aromatic heterocycles. The maximum absolute atomic E-state index is 12.5. The summed E-state index contributed by atoms with van der Waals surface area (Å²) >= 11 is 0. The normalized spacial score (nSPS) is 11.0. The molecule has 0 radical (unpaired) electrons. The lowest BCUT2D eigenvalue weighted by Crippen LogP contribution is -2.30. The Labute approximate surface area is 159 Å². The van der Waals surface area contributed by atoms with Crippen LogP contribution in [0.3, 0.4) is 0 Å². The summed E-state index contributed by atoms with van der Waals surface area (Å²) in [4.78, 5) is 24.3. The Bertz CT molecular complexity index is 821. The molecule has 0 unspecified atom stereocenters. The Kier molecular flexibility index (Phi) is 6.86. The van der Waals surface area contributed by atoms with Crippen molar-refractivity contribution in [2.24, 2.45) is 0 Å². The number of rotatable bonds is 8. The zero-order valence-corrected chi connectivity index (χ0v) is 14.9. The summed E-state index contributed by atoms with van der Waals surface area (Å²) in [6.07, 6.45) is -4.41. The van der Waals surface area contributed by atoms with Crippen molar-refractivity contribution in [1.29, 1.82) is 0 Å². The number of carbonyl (C=O) groups is 2. The van der Waals surface area contributed by atoms with Crippen molar-refractivity contribution in [2.75, 3.05) is 26.8 Å². The van der Waals surface area contributed by atoms with Crippen LogP contribution in [-0.2, 0) is 11.0 Å². The Morgan fingerprint density at radius 2 is 1.71 bits per heavy atom.